The van der Waals surface area contributed by atoms with E-state index in [-0.39, 0.29) is 13.0 Å². The van der Waals surface area contributed by atoms with Crippen LogP contribution in [0.25, 0.3) is 0 Å². The average molecular weight is 444 g/mol. The SMILES string of the molecule is COC(=O)[C@@H](Cc1ccccc1OC)NC(=O)[C@@H](NC(=O)OCc1ccccc1)[C@@H](C)O. The number of methoxy groups -OCH3 is 2. The third-order valence-electron chi connectivity index (χ3n) is 4.67. The highest BCUT2D eigenvalue weighted by molar-refractivity contribution is 5.90. The van der Waals surface area contributed by atoms with E-state index in [1.165, 1.54) is 21.1 Å². The van der Waals surface area contributed by atoms with Crippen LogP contribution in [0.2, 0.25) is 0 Å². The van der Waals surface area contributed by atoms with Crippen molar-refractivity contribution in [1.29, 1.82) is 0 Å². The molecule has 2 aromatic carbocycles. The minimum atomic E-state index is -1.34. The van der Waals surface area contributed by atoms with Crippen molar-refractivity contribution in [3.63, 3.8) is 0 Å². The van der Waals surface area contributed by atoms with Crippen molar-refractivity contribution in [3.05, 3.63) is 65.7 Å². The Morgan fingerprint density at radius 3 is 2.25 bits per heavy atom. The largest absolute Gasteiger partial charge is 0.496 e. The second-order valence-corrected chi connectivity index (χ2v) is 7.02. The van der Waals surface area contributed by atoms with Crippen LogP contribution < -0.4 is 15.4 Å². The van der Waals surface area contributed by atoms with Gasteiger partial charge in [0.2, 0.25) is 5.91 Å². The maximum absolute atomic E-state index is 12.8. The van der Waals surface area contributed by atoms with Crippen molar-refractivity contribution >= 4 is 18.0 Å². The monoisotopic (exact) mass is 444 g/mol. The van der Waals surface area contributed by atoms with Crippen LogP contribution in [0.1, 0.15) is 18.1 Å². The van der Waals surface area contributed by atoms with Gasteiger partial charge in [0.05, 0.1) is 20.3 Å². The van der Waals surface area contributed by atoms with Gasteiger partial charge >= 0.3 is 12.1 Å². The van der Waals surface area contributed by atoms with Crippen molar-refractivity contribution in [2.45, 2.75) is 38.1 Å². The molecular formula is C23H28N2O7. The second kappa shape index (κ2) is 12.3. The first-order chi connectivity index (χ1) is 15.3. The molecule has 0 unspecified atom stereocenters. The van der Waals surface area contributed by atoms with Crippen LogP contribution in [0.4, 0.5) is 4.79 Å². The lowest BCUT2D eigenvalue weighted by atomic mass is 10.0. The number of hydrogen-bond donors (Lipinski definition) is 3. The number of nitrogens with one attached hydrogen (secondary N) is 2. The van der Waals surface area contributed by atoms with Crippen molar-refractivity contribution in [1.82, 2.24) is 10.6 Å². The van der Waals surface area contributed by atoms with Crippen LogP contribution in [0.5, 0.6) is 5.75 Å². The van der Waals surface area contributed by atoms with E-state index in [0.717, 1.165) is 5.56 Å². The predicted octanol–water partition coefficient (Wildman–Crippen LogP) is 1.57. The first kappa shape index (κ1) is 24.7. The summed E-state index contributed by atoms with van der Waals surface area (Å²) in [6, 6.07) is 13.6. The summed E-state index contributed by atoms with van der Waals surface area (Å²) in [6.07, 6.45) is -2.04. The molecule has 0 aromatic heterocycles. The summed E-state index contributed by atoms with van der Waals surface area (Å²) in [7, 11) is 2.70. The van der Waals surface area contributed by atoms with E-state index in [1.807, 2.05) is 6.07 Å². The van der Waals surface area contributed by atoms with Gasteiger partial charge < -0.3 is 30.0 Å². The Balaban J connectivity index is 2.05. The van der Waals surface area contributed by atoms with Crippen LogP contribution in [0.15, 0.2) is 54.6 Å². The molecule has 0 heterocycles. The van der Waals surface area contributed by atoms with Gasteiger partial charge in [-0.2, -0.15) is 0 Å². The number of amides is 2. The smallest absolute Gasteiger partial charge is 0.408 e. The van der Waals surface area contributed by atoms with Gasteiger partial charge in [-0.05, 0) is 24.1 Å². The number of ether oxygens (including phenoxy) is 3. The quantitative estimate of drug-likeness (QED) is 0.475. The van der Waals surface area contributed by atoms with E-state index in [4.69, 9.17) is 14.2 Å². The van der Waals surface area contributed by atoms with E-state index < -0.39 is 36.2 Å². The molecule has 0 radical (unpaired) electrons. The Morgan fingerprint density at radius 2 is 1.62 bits per heavy atom. The predicted molar refractivity (Wildman–Crippen MR) is 116 cm³/mol. The zero-order valence-electron chi connectivity index (χ0n) is 18.2. The topological polar surface area (TPSA) is 123 Å². The molecule has 32 heavy (non-hydrogen) atoms. The summed E-state index contributed by atoms with van der Waals surface area (Å²) < 4.78 is 15.2. The van der Waals surface area contributed by atoms with Crippen molar-refractivity contribution in [2.24, 2.45) is 0 Å². The zero-order chi connectivity index (χ0) is 23.5. The van der Waals surface area contributed by atoms with Crippen LogP contribution >= 0.6 is 0 Å². The molecule has 3 atom stereocenters. The lowest BCUT2D eigenvalue weighted by Crippen LogP contribution is -2.56. The highest BCUT2D eigenvalue weighted by Crippen LogP contribution is 2.19. The molecule has 2 rings (SSSR count). The van der Waals surface area contributed by atoms with Crippen molar-refractivity contribution < 1.29 is 33.7 Å². The van der Waals surface area contributed by atoms with E-state index >= 15 is 0 Å². The first-order valence-electron chi connectivity index (χ1n) is 10.0. The summed E-state index contributed by atoms with van der Waals surface area (Å²) in [4.78, 5) is 37.2. The van der Waals surface area contributed by atoms with Crippen molar-refractivity contribution in [3.8, 4) is 5.75 Å². The fourth-order valence-electron chi connectivity index (χ4n) is 2.99. The molecule has 9 nitrogen and oxygen atoms in total. The molecule has 0 bridgehead atoms. The Morgan fingerprint density at radius 1 is 0.969 bits per heavy atom. The summed E-state index contributed by atoms with van der Waals surface area (Å²) in [5.74, 6) is -0.896. The molecule has 2 aromatic rings. The summed E-state index contributed by atoms with van der Waals surface area (Å²) in [5.41, 5.74) is 1.44. The van der Waals surface area contributed by atoms with Gasteiger partial charge in [-0.3, -0.25) is 4.79 Å². The maximum atomic E-state index is 12.8. The van der Waals surface area contributed by atoms with Crippen molar-refractivity contribution in [2.75, 3.05) is 14.2 Å². The number of benzene rings is 2. The molecule has 0 aliphatic rings. The Bertz CT molecular complexity index is 902. The van der Waals surface area contributed by atoms with Gasteiger partial charge in [-0.15, -0.1) is 0 Å². The molecule has 9 heteroatoms. The fraction of sp³-hybridized carbons (Fsp3) is 0.348. The number of carbonyl (C=O) groups excluding carboxylic acids is 3. The maximum Gasteiger partial charge on any atom is 0.408 e. The Hall–Kier alpha value is -3.59. The highest BCUT2D eigenvalue weighted by Gasteiger charge is 2.31. The summed E-state index contributed by atoms with van der Waals surface area (Å²) in [6.45, 7) is 1.34. The molecular weight excluding hydrogens is 416 g/mol. The molecule has 0 aliphatic heterocycles. The number of hydrogen-bond acceptors (Lipinski definition) is 7. The molecule has 172 valence electrons. The Kier molecular flexibility index (Phi) is 9.49. The van der Waals surface area contributed by atoms with Crippen LogP contribution in [-0.2, 0) is 32.1 Å². The van der Waals surface area contributed by atoms with Gasteiger partial charge in [0.1, 0.15) is 24.4 Å². The number of aliphatic hydroxyl groups excluding tert-OH is 1. The molecule has 3 N–H and O–H groups in total. The van der Waals surface area contributed by atoms with Gasteiger partial charge in [-0.1, -0.05) is 48.5 Å². The average Bonchev–Trinajstić information content (AvgIpc) is 2.80. The third kappa shape index (κ3) is 7.28. The van der Waals surface area contributed by atoms with Crippen LogP contribution in [0, 0.1) is 0 Å². The lowest BCUT2D eigenvalue weighted by molar-refractivity contribution is -0.145. The molecule has 0 saturated heterocycles. The lowest BCUT2D eigenvalue weighted by Gasteiger charge is -2.24. The standard InChI is InChI=1S/C23H28N2O7/c1-15(26)20(25-23(29)32-14-16-9-5-4-6-10-16)21(27)24-18(22(28)31-3)13-17-11-7-8-12-19(17)30-2/h4-12,15,18,20,26H,13-14H2,1-3H3,(H,24,27)(H,25,29)/t15-,18-,20+/m1/s1. The second-order valence-electron chi connectivity index (χ2n) is 7.02. The molecule has 0 saturated carbocycles. The van der Waals surface area contributed by atoms with Gasteiger partial charge in [-0.25, -0.2) is 9.59 Å². The number of esters is 1. The van der Waals surface area contributed by atoms with E-state index in [0.29, 0.717) is 11.3 Å². The zero-order valence-corrected chi connectivity index (χ0v) is 18.2. The minimum Gasteiger partial charge on any atom is -0.496 e. The van der Waals surface area contributed by atoms with Crippen LogP contribution in [0.3, 0.4) is 0 Å². The number of rotatable bonds is 10. The summed E-state index contributed by atoms with van der Waals surface area (Å²) >= 11 is 0. The van der Waals surface area contributed by atoms with E-state index in [2.05, 4.69) is 10.6 Å². The van der Waals surface area contributed by atoms with Gasteiger partial charge in [0.15, 0.2) is 0 Å². The number of carbonyl (C=O) groups is 3. The fourth-order valence-corrected chi connectivity index (χ4v) is 2.99. The number of para-hydroxylation sites is 1. The normalized spacial score (nSPS) is 13.2. The molecule has 0 fully saturated rings. The summed E-state index contributed by atoms with van der Waals surface area (Å²) in [5, 5.41) is 14.9. The van der Waals surface area contributed by atoms with Gasteiger partial charge in [0, 0.05) is 6.42 Å². The first-order valence-corrected chi connectivity index (χ1v) is 10.0. The molecule has 0 aliphatic carbocycles. The molecule has 0 spiro atoms. The molecule has 2 amide bonds. The van der Waals surface area contributed by atoms with E-state index in [1.54, 1.807) is 48.5 Å². The Labute approximate surface area is 186 Å². The minimum absolute atomic E-state index is 0.000586. The third-order valence-corrected chi connectivity index (χ3v) is 4.67. The van der Waals surface area contributed by atoms with Crippen LogP contribution in [-0.4, -0.2) is 55.5 Å². The number of aliphatic hydroxyl groups is 1. The van der Waals surface area contributed by atoms with E-state index in [9.17, 15) is 19.5 Å². The number of alkyl carbamates (subject to hydrolysis) is 1. The highest BCUT2D eigenvalue weighted by atomic mass is 16.5. The van der Waals surface area contributed by atoms with Gasteiger partial charge in [0.25, 0.3) is 0 Å².